The summed E-state index contributed by atoms with van der Waals surface area (Å²) in [6, 6.07) is 17.8. The molecule has 5 rings (SSSR count). The molecular formula is C29H35FN2O2. The maximum absolute atomic E-state index is 14.4. The minimum Gasteiger partial charge on any atom is -0.493 e. The van der Waals surface area contributed by atoms with Gasteiger partial charge in [-0.1, -0.05) is 50.2 Å². The molecule has 2 heterocycles. The third-order valence-corrected chi connectivity index (χ3v) is 6.44. The Hall–Kier alpha value is -3.05. The molecule has 2 fully saturated rings. The zero-order valence-corrected chi connectivity index (χ0v) is 20.2. The lowest BCUT2D eigenvalue weighted by Gasteiger charge is -2.44. The number of halogens is 1. The molecule has 0 radical (unpaired) electrons. The van der Waals surface area contributed by atoms with Gasteiger partial charge < -0.3 is 4.74 Å². The molecule has 1 aromatic heterocycles. The van der Waals surface area contributed by atoms with Crippen molar-refractivity contribution in [2.75, 3.05) is 19.7 Å². The molecule has 0 amide bonds. The first-order valence-electron chi connectivity index (χ1n) is 12.3. The minimum absolute atomic E-state index is 0. The third kappa shape index (κ3) is 5.36. The van der Waals surface area contributed by atoms with Gasteiger partial charge in [-0.15, -0.1) is 0 Å². The maximum Gasteiger partial charge on any atom is 0.162 e. The highest BCUT2D eigenvalue weighted by Gasteiger charge is 2.35. The van der Waals surface area contributed by atoms with E-state index in [1.807, 2.05) is 32.2 Å². The molecule has 2 aromatic carbocycles. The molecule has 34 heavy (non-hydrogen) atoms. The summed E-state index contributed by atoms with van der Waals surface area (Å²) in [7, 11) is 0. The van der Waals surface area contributed by atoms with E-state index < -0.39 is 5.82 Å². The quantitative estimate of drug-likeness (QED) is 0.351. The summed E-state index contributed by atoms with van der Waals surface area (Å²) in [5, 5.41) is 0. The lowest BCUT2D eigenvalue weighted by atomic mass is 9.91. The SMILES string of the molecule is CC.CC(=O)c1cc(C2CC2)c(OCC2CN([C@H](c3ccccc3)c3cccnc3)C2)cc1F.[HH]. The molecule has 4 nitrogen and oxygen atoms in total. The van der Waals surface area contributed by atoms with Crippen LogP contribution in [0.3, 0.4) is 0 Å². The van der Waals surface area contributed by atoms with Gasteiger partial charge in [-0.05, 0) is 54.5 Å². The van der Waals surface area contributed by atoms with Crippen LogP contribution in [-0.4, -0.2) is 35.4 Å². The Morgan fingerprint density at radius 3 is 2.44 bits per heavy atom. The highest BCUT2D eigenvalue weighted by atomic mass is 19.1. The van der Waals surface area contributed by atoms with Crippen LogP contribution in [0.1, 0.15) is 74.0 Å². The highest BCUT2D eigenvalue weighted by molar-refractivity contribution is 5.94. The first kappa shape index (κ1) is 24.1. The van der Waals surface area contributed by atoms with E-state index in [1.54, 1.807) is 12.3 Å². The zero-order valence-electron chi connectivity index (χ0n) is 20.2. The number of aromatic nitrogens is 1. The van der Waals surface area contributed by atoms with Crippen LogP contribution in [0.15, 0.2) is 67.0 Å². The maximum atomic E-state index is 14.4. The van der Waals surface area contributed by atoms with Gasteiger partial charge in [-0.3, -0.25) is 14.7 Å². The summed E-state index contributed by atoms with van der Waals surface area (Å²) in [6.45, 7) is 7.76. The van der Waals surface area contributed by atoms with Gasteiger partial charge in [-0.25, -0.2) is 4.39 Å². The van der Waals surface area contributed by atoms with Crippen molar-refractivity contribution in [2.24, 2.45) is 5.92 Å². The van der Waals surface area contributed by atoms with Crippen LogP contribution in [0, 0.1) is 11.7 Å². The van der Waals surface area contributed by atoms with Crippen molar-refractivity contribution in [3.05, 3.63) is 95.1 Å². The van der Waals surface area contributed by atoms with Gasteiger partial charge in [0.25, 0.3) is 0 Å². The number of ketones is 1. The Morgan fingerprint density at radius 1 is 1.12 bits per heavy atom. The Kier molecular flexibility index (Phi) is 7.73. The third-order valence-electron chi connectivity index (χ3n) is 6.44. The van der Waals surface area contributed by atoms with Crippen molar-refractivity contribution >= 4 is 5.78 Å². The molecule has 1 saturated carbocycles. The second-order valence-corrected chi connectivity index (χ2v) is 8.93. The van der Waals surface area contributed by atoms with E-state index in [9.17, 15) is 9.18 Å². The summed E-state index contributed by atoms with van der Waals surface area (Å²) >= 11 is 0. The Bertz CT molecular complexity index is 1060. The molecule has 0 N–H and O–H groups in total. The number of Topliss-reactive ketones (excluding diaryl/α,β-unsaturated/α-hetero) is 1. The fraction of sp³-hybridized carbons (Fsp3) is 0.379. The van der Waals surface area contributed by atoms with Crippen LogP contribution < -0.4 is 4.74 Å². The Balaban J connectivity index is 0.00000111. The summed E-state index contributed by atoms with van der Waals surface area (Å²) in [6.07, 6.45) is 5.87. The summed E-state index contributed by atoms with van der Waals surface area (Å²) < 4.78 is 20.5. The van der Waals surface area contributed by atoms with E-state index in [1.165, 1.54) is 24.1 Å². The molecule has 3 aromatic rings. The molecule has 1 atom stereocenters. The van der Waals surface area contributed by atoms with E-state index in [0.717, 1.165) is 31.5 Å². The molecule has 0 unspecified atom stereocenters. The van der Waals surface area contributed by atoms with Crippen molar-refractivity contribution in [3.8, 4) is 5.75 Å². The molecule has 1 aliphatic carbocycles. The van der Waals surface area contributed by atoms with Crippen LogP contribution >= 0.6 is 0 Å². The van der Waals surface area contributed by atoms with E-state index in [2.05, 4.69) is 40.2 Å². The molecule has 1 aliphatic heterocycles. The lowest BCUT2D eigenvalue weighted by molar-refractivity contribution is 0.0374. The predicted molar refractivity (Wildman–Crippen MR) is 135 cm³/mol. The van der Waals surface area contributed by atoms with Crippen molar-refractivity contribution < 1.29 is 15.3 Å². The molecule has 0 spiro atoms. The molecular weight excluding hydrogens is 427 g/mol. The fourth-order valence-electron chi connectivity index (χ4n) is 4.60. The lowest BCUT2D eigenvalue weighted by Crippen LogP contribution is -2.51. The van der Waals surface area contributed by atoms with E-state index in [0.29, 0.717) is 24.2 Å². The monoisotopic (exact) mass is 462 g/mol. The van der Waals surface area contributed by atoms with Crippen LogP contribution in [0.4, 0.5) is 4.39 Å². The first-order valence-corrected chi connectivity index (χ1v) is 12.3. The van der Waals surface area contributed by atoms with E-state index in [4.69, 9.17) is 4.74 Å². The average Bonchev–Trinajstić information content (AvgIpc) is 3.68. The molecule has 1 saturated heterocycles. The van der Waals surface area contributed by atoms with Crippen molar-refractivity contribution in [1.82, 2.24) is 9.88 Å². The number of pyridine rings is 1. The van der Waals surface area contributed by atoms with Crippen molar-refractivity contribution in [3.63, 3.8) is 0 Å². The van der Waals surface area contributed by atoms with Gasteiger partial charge in [-0.2, -0.15) is 0 Å². The highest BCUT2D eigenvalue weighted by Crippen LogP contribution is 2.45. The number of benzene rings is 2. The number of ether oxygens (including phenoxy) is 1. The first-order chi connectivity index (χ1) is 16.6. The van der Waals surface area contributed by atoms with Crippen LogP contribution in [0.2, 0.25) is 0 Å². The topological polar surface area (TPSA) is 42.4 Å². The number of likely N-dealkylation sites (tertiary alicyclic amines) is 1. The van der Waals surface area contributed by atoms with Gasteiger partial charge in [0.15, 0.2) is 5.78 Å². The van der Waals surface area contributed by atoms with Gasteiger partial charge in [0.05, 0.1) is 18.2 Å². The standard InChI is InChI=1S/C27H27FN2O2.C2H6.H2/c1-18(31)23-12-24(20-9-10-20)26(13-25(23)28)32-17-19-15-30(16-19)27(21-6-3-2-4-7-21)22-8-5-11-29-14-22;1-2;/h2-8,11-14,19-20,27H,9-10,15-17H2,1H3;1-2H3;1H/t27-;;/m1../s1. The zero-order chi connectivity index (χ0) is 24.1. The Morgan fingerprint density at radius 2 is 1.82 bits per heavy atom. The van der Waals surface area contributed by atoms with Crippen LogP contribution in [-0.2, 0) is 0 Å². The fourth-order valence-corrected chi connectivity index (χ4v) is 4.60. The number of nitrogens with zero attached hydrogens (tertiary/aromatic N) is 2. The van der Waals surface area contributed by atoms with E-state index in [-0.39, 0.29) is 18.8 Å². The normalized spacial score (nSPS) is 16.7. The number of hydrogen-bond acceptors (Lipinski definition) is 4. The predicted octanol–water partition coefficient (Wildman–Crippen LogP) is 6.67. The van der Waals surface area contributed by atoms with Gasteiger partial charge in [0, 0.05) is 38.9 Å². The van der Waals surface area contributed by atoms with Gasteiger partial charge in [0.2, 0.25) is 0 Å². The largest absolute Gasteiger partial charge is 0.493 e. The second-order valence-electron chi connectivity index (χ2n) is 8.93. The van der Waals surface area contributed by atoms with E-state index >= 15 is 0 Å². The second kappa shape index (κ2) is 10.9. The smallest absolute Gasteiger partial charge is 0.162 e. The average molecular weight is 463 g/mol. The molecule has 0 bridgehead atoms. The van der Waals surface area contributed by atoms with Crippen LogP contribution in [0.5, 0.6) is 5.75 Å². The summed E-state index contributed by atoms with van der Waals surface area (Å²) in [5.74, 6) is 0.622. The van der Waals surface area contributed by atoms with Gasteiger partial charge >= 0.3 is 0 Å². The Labute approximate surface area is 203 Å². The minimum atomic E-state index is -0.493. The molecule has 2 aliphatic rings. The number of carbonyl (C=O) groups is 1. The number of carbonyl (C=O) groups excluding carboxylic acids is 1. The number of rotatable bonds is 8. The molecule has 5 heteroatoms. The summed E-state index contributed by atoms with van der Waals surface area (Å²) in [5.41, 5.74) is 3.57. The summed E-state index contributed by atoms with van der Waals surface area (Å²) in [4.78, 5) is 18.5. The van der Waals surface area contributed by atoms with Crippen LogP contribution in [0.25, 0.3) is 0 Å². The van der Waals surface area contributed by atoms with Crippen molar-refractivity contribution in [1.29, 1.82) is 0 Å². The van der Waals surface area contributed by atoms with Gasteiger partial charge in [0.1, 0.15) is 11.6 Å². The molecule has 180 valence electrons. The number of hydrogen-bond donors (Lipinski definition) is 0. The van der Waals surface area contributed by atoms with Crippen molar-refractivity contribution in [2.45, 2.75) is 45.6 Å².